The van der Waals surface area contributed by atoms with E-state index in [4.69, 9.17) is 5.14 Å². The van der Waals surface area contributed by atoms with Gasteiger partial charge >= 0.3 is 0 Å². The molecule has 5 N–H and O–H groups in total. The summed E-state index contributed by atoms with van der Waals surface area (Å²) in [7, 11) is -3.84. The molecule has 2 heterocycles. The van der Waals surface area contributed by atoms with Crippen molar-refractivity contribution in [3.05, 3.63) is 83.4 Å². The third-order valence-electron chi connectivity index (χ3n) is 5.66. The summed E-state index contributed by atoms with van der Waals surface area (Å²) in [6.45, 7) is 1.44. The number of H-pyrrole nitrogens is 1. The minimum Gasteiger partial charge on any atom is -0.344 e. The molecule has 5 rings (SSSR count). The van der Waals surface area contributed by atoms with Crippen LogP contribution >= 0.6 is 0 Å². The van der Waals surface area contributed by atoms with Crippen LogP contribution in [0.25, 0.3) is 22.2 Å². The lowest BCUT2D eigenvalue weighted by Gasteiger charge is -2.27. The lowest BCUT2D eigenvalue weighted by molar-refractivity contribution is 0.0934. The molecule has 3 aromatic carbocycles. The average Bonchev–Trinajstić information content (AvgIpc) is 3.22. The first kappa shape index (κ1) is 20.4. The molecule has 1 aliphatic heterocycles. The smallest absolute Gasteiger partial charge is 0.251 e. The molecule has 0 bridgehead atoms. The van der Waals surface area contributed by atoms with Crippen molar-refractivity contribution in [3.63, 3.8) is 0 Å². The quantitative estimate of drug-likeness (QED) is 0.382. The summed E-state index contributed by atoms with van der Waals surface area (Å²) in [6, 6.07) is 19.5. The molecule has 0 saturated carbocycles. The third-order valence-corrected chi connectivity index (χ3v) is 6.57. The van der Waals surface area contributed by atoms with E-state index in [0.29, 0.717) is 28.8 Å². The zero-order valence-electron chi connectivity index (χ0n) is 17.0. The van der Waals surface area contributed by atoms with Gasteiger partial charge in [-0.15, -0.1) is 0 Å². The van der Waals surface area contributed by atoms with Gasteiger partial charge in [-0.05, 0) is 41.5 Å². The number of nitrogens with zero attached hydrogens (tertiary/aromatic N) is 1. The number of nitrogens with one attached hydrogen (secondary N) is 3. The van der Waals surface area contributed by atoms with E-state index in [2.05, 4.69) is 26.9 Å². The minimum absolute atomic E-state index is 0.00325. The monoisotopic (exact) mass is 447 g/mol. The predicted molar refractivity (Wildman–Crippen MR) is 121 cm³/mol. The Hall–Kier alpha value is -3.53. The molecule has 32 heavy (non-hydrogen) atoms. The van der Waals surface area contributed by atoms with E-state index in [9.17, 15) is 13.2 Å². The largest absolute Gasteiger partial charge is 0.344 e. The Bertz CT molecular complexity index is 1450. The maximum atomic E-state index is 13.1. The summed E-state index contributed by atoms with van der Waals surface area (Å²) >= 11 is 0. The van der Waals surface area contributed by atoms with E-state index in [-0.39, 0.29) is 16.8 Å². The number of carbonyl (C=O) groups is 1. The normalized spacial score (nSPS) is 16.0. The van der Waals surface area contributed by atoms with E-state index < -0.39 is 10.0 Å². The lowest BCUT2D eigenvalue weighted by atomic mass is 9.96. The number of aromatic amines is 1. The molecule has 0 saturated heterocycles. The van der Waals surface area contributed by atoms with Crippen LogP contribution in [0.4, 0.5) is 0 Å². The number of rotatable bonds is 4. The molecule has 1 unspecified atom stereocenters. The number of fused-ring (bicyclic) bond motifs is 2. The van der Waals surface area contributed by atoms with Gasteiger partial charge in [-0.2, -0.15) is 5.10 Å². The van der Waals surface area contributed by atoms with Crippen LogP contribution in [0.2, 0.25) is 0 Å². The highest BCUT2D eigenvalue weighted by Gasteiger charge is 2.22. The molecule has 1 atom stereocenters. The van der Waals surface area contributed by atoms with Gasteiger partial charge < -0.3 is 10.6 Å². The molecule has 9 heteroatoms. The molecule has 0 radical (unpaired) electrons. The van der Waals surface area contributed by atoms with Gasteiger partial charge in [-0.25, -0.2) is 13.6 Å². The zero-order valence-corrected chi connectivity index (χ0v) is 17.8. The fourth-order valence-corrected chi connectivity index (χ4v) is 4.62. The van der Waals surface area contributed by atoms with Crippen LogP contribution in [0.5, 0.6) is 0 Å². The summed E-state index contributed by atoms with van der Waals surface area (Å²) in [5.74, 6) is -0.194. The summed E-state index contributed by atoms with van der Waals surface area (Å²) in [5.41, 5.74) is 4.65. The Kier molecular flexibility index (Phi) is 5.01. The van der Waals surface area contributed by atoms with Crippen molar-refractivity contribution < 1.29 is 13.2 Å². The van der Waals surface area contributed by atoms with E-state index in [1.165, 1.54) is 17.7 Å². The molecule has 162 valence electrons. The van der Waals surface area contributed by atoms with Gasteiger partial charge in [0.05, 0.1) is 22.1 Å². The van der Waals surface area contributed by atoms with Gasteiger partial charge in [0, 0.05) is 29.6 Å². The van der Waals surface area contributed by atoms with Crippen LogP contribution in [0.15, 0.2) is 71.6 Å². The Morgan fingerprint density at radius 1 is 1.06 bits per heavy atom. The Labute approximate surface area is 184 Å². The van der Waals surface area contributed by atoms with Crippen molar-refractivity contribution in [2.75, 3.05) is 6.54 Å². The summed E-state index contributed by atoms with van der Waals surface area (Å²) < 4.78 is 23.5. The second-order valence-electron chi connectivity index (χ2n) is 7.76. The topological polar surface area (TPSA) is 130 Å². The van der Waals surface area contributed by atoms with Crippen LogP contribution in [0, 0.1) is 0 Å². The van der Waals surface area contributed by atoms with Crippen LogP contribution in [-0.4, -0.2) is 31.1 Å². The maximum absolute atomic E-state index is 13.1. The van der Waals surface area contributed by atoms with E-state index in [0.717, 1.165) is 17.6 Å². The number of hydrogen-bond donors (Lipinski definition) is 4. The van der Waals surface area contributed by atoms with Gasteiger partial charge in [-0.3, -0.25) is 9.89 Å². The van der Waals surface area contributed by atoms with Gasteiger partial charge in [-0.1, -0.05) is 36.4 Å². The van der Waals surface area contributed by atoms with E-state index >= 15 is 0 Å². The fraction of sp³-hybridized carbons (Fsp3) is 0.130. The highest BCUT2D eigenvalue weighted by molar-refractivity contribution is 7.89. The molecule has 1 aliphatic rings. The number of aromatic nitrogens is 2. The molecule has 1 amide bonds. The van der Waals surface area contributed by atoms with Crippen molar-refractivity contribution in [1.82, 2.24) is 20.8 Å². The average molecular weight is 448 g/mol. The Morgan fingerprint density at radius 3 is 2.75 bits per heavy atom. The molecule has 8 nitrogen and oxygen atoms in total. The maximum Gasteiger partial charge on any atom is 0.251 e. The van der Waals surface area contributed by atoms with Crippen molar-refractivity contribution in [2.24, 2.45) is 5.14 Å². The number of hydrogen-bond acceptors (Lipinski definition) is 5. The van der Waals surface area contributed by atoms with Crippen LogP contribution in [0.1, 0.15) is 27.5 Å². The third kappa shape index (κ3) is 3.77. The lowest BCUT2D eigenvalue weighted by Crippen LogP contribution is -2.39. The Balaban J connectivity index is 1.48. The van der Waals surface area contributed by atoms with Crippen molar-refractivity contribution in [2.45, 2.75) is 17.5 Å². The number of amides is 1. The van der Waals surface area contributed by atoms with Crippen molar-refractivity contribution in [1.29, 1.82) is 0 Å². The highest BCUT2D eigenvalue weighted by Crippen LogP contribution is 2.29. The van der Waals surface area contributed by atoms with Crippen LogP contribution < -0.4 is 15.8 Å². The number of nitrogens with two attached hydrogens (primary N) is 1. The summed E-state index contributed by atoms with van der Waals surface area (Å²) in [5, 5.41) is 19.7. The fourth-order valence-electron chi connectivity index (χ4n) is 4.06. The number of primary sulfonamides is 1. The van der Waals surface area contributed by atoms with Gasteiger partial charge in [0.15, 0.2) is 0 Å². The molecule has 0 fully saturated rings. The van der Waals surface area contributed by atoms with Gasteiger partial charge in [0.1, 0.15) is 0 Å². The number of sulfonamides is 1. The molecule has 1 aromatic heterocycles. The van der Waals surface area contributed by atoms with Crippen molar-refractivity contribution >= 4 is 26.8 Å². The van der Waals surface area contributed by atoms with E-state index in [1.807, 2.05) is 18.2 Å². The zero-order chi connectivity index (χ0) is 22.3. The summed E-state index contributed by atoms with van der Waals surface area (Å²) in [4.78, 5) is 13.1. The second-order valence-corrected chi connectivity index (χ2v) is 9.32. The van der Waals surface area contributed by atoms with Crippen LogP contribution in [-0.2, 0) is 16.6 Å². The molecular formula is C23H21N5O3S. The Morgan fingerprint density at radius 2 is 1.91 bits per heavy atom. The number of benzene rings is 3. The van der Waals surface area contributed by atoms with Crippen LogP contribution in [0.3, 0.4) is 0 Å². The summed E-state index contributed by atoms with van der Waals surface area (Å²) in [6.07, 6.45) is 0. The van der Waals surface area contributed by atoms with E-state index in [1.54, 1.807) is 30.3 Å². The predicted octanol–water partition coefficient (Wildman–Crippen LogP) is 2.45. The van der Waals surface area contributed by atoms with Gasteiger partial charge in [0.2, 0.25) is 10.0 Å². The molecular weight excluding hydrogens is 426 g/mol. The first-order valence-electron chi connectivity index (χ1n) is 10.1. The molecule has 0 aliphatic carbocycles. The minimum atomic E-state index is -3.84. The SMILES string of the molecule is NS(=O)(=O)c1cccc(-c2n[nH]c3ccc(C(=O)NC4CNCc5ccccc54)cc23)c1. The molecule has 0 spiro atoms. The first-order chi connectivity index (χ1) is 15.4. The van der Waals surface area contributed by atoms with Crippen molar-refractivity contribution in [3.8, 4) is 11.3 Å². The first-order valence-corrected chi connectivity index (χ1v) is 11.7. The number of carbonyl (C=O) groups excluding carboxylic acids is 1. The van der Waals surface area contributed by atoms with Gasteiger partial charge in [0.25, 0.3) is 5.91 Å². The highest BCUT2D eigenvalue weighted by atomic mass is 32.2. The second kappa shape index (κ2) is 7.86. The standard InChI is InChI=1S/C23H21N5O3S/c24-32(30,31)17-6-3-5-14(10-17)22-19-11-15(8-9-20(19)27-28-22)23(29)26-21-13-25-12-16-4-1-2-7-18(16)21/h1-11,21,25H,12-13H2,(H,26,29)(H,27,28)(H2,24,30,31). The molecule has 4 aromatic rings.